The fraction of sp³-hybridized carbons (Fsp3) is 0.0204. The van der Waals surface area contributed by atoms with Gasteiger partial charge in [0.1, 0.15) is 0 Å². The lowest BCUT2D eigenvalue weighted by Gasteiger charge is -2.31. The second-order valence-corrected chi connectivity index (χ2v) is 17.8. The number of rotatable bonds is 4. The highest BCUT2D eigenvalue weighted by Gasteiger charge is 2.49. The van der Waals surface area contributed by atoms with E-state index in [9.17, 15) is 0 Å². The Balaban J connectivity index is 1.16. The lowest BCUT2D eigenvalue weighted by atomic mass is 9.99. The van der Waals surface area contributed by atoms with Crippen LogP contribution in [0.4, 0.5) is 0 Å². The third-order valence-corrected chi connectivity index (χ3v) is 16.2. The first-order valence-electron chi connectivity index (χ1n) is 18.0. The normalized spacial score (nSPS) is 13.5. The third-order valence-electron chi connectivity index (χ3n) is 11.3. The average molecular weight is 677 g/mol. The molecule has 0 bridgehead atoms. The lowest BCUT2D eigenvalue weighted by Crippen LogP contribution is -2.72. The van der Waals surface area contributed by atoms with Crippen molar-refractivity contribution in [3.05, 3.63) is 193 Å². The fourth-order valence-corrected chi connectivity index (χ4v) is 14.2. The predicted octanol–water partition coefficient (Wildman–Crippen LogP) is 9.05. The Morgan fingerprint density at radius 3 is 1.52 bits per heavy atom. The molecule has 9 aromatic rings. The molecule has 0 atom stereocenters. The summed E-state index contributed by atoms with van der Waals surface area (Å²) in [5, 5.41) is 10.8. The van der Waals surface area contributed by atoms with Crippen molar-refractivity contribution in [1.82, 2.24) is 9.97 Å². The van der Waals surface area contributed by atoms with Gasteiger partial charge in [-0.2, -0.15) is 0 Å². The molecule has 2 aliphatic rings. The average Bonchev–Trinajstić information content (AvgIpc) is 3.72. The summed E-state index contributed by atoms with van der Waals surface area (Å²) in [6.07, 6.45) is 0.850. The quantitative estimate of drug-likeness (QED) is 0.174. The van der Waals surface area contributed by atoms with E-state index in [0.717, 1.165) is 34.8 Å². The van der Waals surface area contributed by atoms with Crippen LogP contribution in [0.3, 0.4) is 0 Å². The van der Waals surface area contributed by atoms with Crippen LogP contribution in [0.25, 0.3) is 66.6 Å². The molecule has 3 heteroatoms. The van der Waals surface area contributed by atoms with Gasteiger partial charge in [-0.25, -0.2) is 9.97 Å². The molecule has 1 aliphatic carbocycles. The first kappa shape index (κ1) is 29.3. The largest absolute Gasteiger partial charge is 0.228 e. The van der Waals surface area contributed by atoms with E-state index < -0.39 is 8.07 Å². The molecule has 11 rings (SSSR count). The van der Waals surface area contributed by atoms with Crippen LogP contribution in [-0.2, 0) is 6.42 Å². The minimum atomic E-state index is -2.75. The third kappa shape index (κ3) is 4.23. The summed E-state index contributed by atoms with van der Waals surface area (Å²) < 4.78 is 0. The van der Waals surface area contributed by atoms with Gasteiger partial charge in [-0.05, 0) is 71.1 Å². The molecule has 52 heavy (non-hydrogen) atoms. The first-order chi connectivity index (χ1) is 25.8. The van der Waals surface area contributed by atoms with Crippen molar-refractivity contribution in [1.29, 1.82) is 0 Å². The molecule has 2 heterocycles. The van der Waals surface area contributed by atoms with Gasteiger partial charge in [0, 0.05) is 28.7 Å². The maximum atomic E-state index is 5.31. The molecule has 1 aromatic heterocycles. The highest BCUT2D eigenvalue weighted by molar-refractivity contribution is 7.22. The summed E-state index contributed by atoms with van der Waals surface area (Å²) in [5.74, 6) is 0.764. The van der Waals surface area contributed by atoms with Gasteiger partial charge in [-0.3, -0.25) is 0 Å². The van der Waals surface area contributed by atoms with Gasteiger partial charge >= 0.3 is 0 Å². The van der Waals surface area contributed by atoms with E-state index >= 15 is 0 Å². The molecule has 0 radical (unpaired) electrons. The fourth-order valence-electron chi connectivity index (χ4n) is 8.97. The van der Waals surface area contributed by atoms with Gasteiger partial charge < -0.3 is 0 Å². The zero-order valence-corrected chi connectivity index (χ0v) is 29.4. The Kier molecular flexibility index (Phi) is 6.37. The second-order valence-electron chi connectivity index (χ2n) is 14.1. The van der Waals surface area contributed by atoms with E-state index in [1.807, 2.05) is 0 Å². The van der Waals surface area contributed by atoms with Crippen molar-refractivity contribution in [2.45, 2.75) is 6.42 Å². The number of hydrogen-bond acceptors (Lipinski definition) is 2. The van der Waals surface area contributed by atoms with Crippen LogP contribution in [0.2, 0.25) is 0 Å². The zero-order chi connectivity index (χ0) is 34.2. The molecule has 0 saturated carbocycles. The number of fused-ring (bicyclic) bond motifs is 8. The number of hydrogen-bond donors (Lipinski definition) is 0. The molecule has 0 saturated heterocycles. The Morgan fingerprint density at radius 2 is 0.885 bits per heavy atom. The van der Waals surface area contributed by atoms with Crippen molar-refractivity contribution in [2.24, 2.45) is 0 Å². The molecule has 0 unspecified atom stereocenters. The summed E-state index contributed by atoms with van der Waals surface area (Å²) in [6, 6.07) is 67.3. The van der Waals surface area contributed by atoms with Crippen LogP contribution >= 0.6 is 0 Å². The van der Waals surface area contributed by atoms with E-state index in [2.05, 4.69) is 182 Å². The van der Waals surface area contributed by atoms with Gasteiger partial charge in [-0.15, -0.1) is 0 Å². The maximum absolute atomic E-state index is 5.31. The van der Waals surface area contributed by atoms with Crippen LogP contribution in [0.1, 0.15) is 11.1 Å². The van der Waals surface area contributed by atoms with Gasteiger partial charge in [0.15, 0.2) is 13.9 Å². The first-order valence-corrected chi connectivity index (χ1v) is 20.0. The van der Waals surface area contributed by atoms with Gasteiger partial charge in [0.25, 0.3) is 0 Å². The van der Waals surface area contributed by atoms with Crippen LogP contribution < -0.4 is 20.7 Å². The second kappa shape index (κ2) is 11.3. The molecular formula is C49H32N2Si. The van der Waals surface area contributed by atoms with Crippen molar-refractivity contribution in [3.8, 4) is 45.0 Å². The van der Waals surface area contributed by atoms with Crippen LogP contribution in [0.5, 0.6) is 0 Å². The Labute approximate surface area is 303 Å². The zero-order valence-electron chi connectivity index (χ0n) is 28.4. The van der Waals surface area contributed by atoms with Crippen LogP contribution in [-0.4, -0.2) is 18.0 Å². The van der Waals surface area contributed by atoms with Crippen molar-refractivity contribution in [3.63, 3.8) is 0 Å². The SMILES string of the molecule is c1ccc(-c2nc(-c3ccc([Si]4(c5ccccc5)c5cc6ccccc6cc5-c5cc6ccccc6cc54)cc3)nc3c2Cc2ccccc2-3)cc1. The molecule has 2 nitrogen and oxygen atoms in total. The van der Waals surface area contributed by atoms with E-state index in [0.29, 0.717) is 0 Å². The molecule has 0 amide bonds. The van der Waals surface area contributed by atoms with Crippen LogP contribution in [0.15, 0.2) is 182 Å². The number of aromatic nitrogens is 2. The topological polar surface area (TPSA) is 25.8 Å². The lowest BCUT2D eigenvalue weighted by molar-refractivity contribution is 1.13. The van der Waals surface area contributed by atoms with E-state index in [1.54, 1.807) is 0 Å². The molecule has 0 spiro atoms. The maximum Gasteiger partial charge on any atom is 0.180 e. The van der Waals surface area contributed by atoms with Gasteiger partial charge in [0.05, 0.1) is 11.4 Å². The molecular weight excluding hydrogens is 645 g/mol. The van der Waals surface area contributed by atoms with Gasteiger partial charge in [-0.1, -0.05) is 170 Å². The molecule has 1 aliphatic heterocycles. The smallest absolute Gasteiger partial charge is 0.180 e. The summed E-state index contributed by atoms with van der Waals surface area (Å²) >= 11 is 0. The Bertz CT molecular complexity index is 2780. The van der Waals surface area contributed by atoms with Crippen molar-refractivity contribution in [2.75, 3.05) is 0 Å². The summed E-state index contributed by atoms with van der Waals surface area (Å²) in [5.41, 5.74) is 10.7. The van der Waals surface area contributed by atoms with E-state index in [-0.39, 0.29) is 0 Å². The summed E-state index contributed by atoms with van der Waals surface area (Å²) in [4.78, 5) is 10.6. The number of nitrogens with zero attached hydrogens (tertiary/aromatic N) is 2. The molecule has 8 aromatic carbocycles. The summed E-state index contributed by atoms with van der Waals surface area (Å²) in [7, 11) is -2.75. The van der Waals surface area contributed by atoms with Crippen molar-refractivity contribution >= 4 is 50.4 Å². The van der Waals surface area contributed by atoms with Gasteiger partial charge in [0.2, 0.25) is 0 Å². The minimum absolute atomic E-state index is 0.764. The highest BCUT2D eigenvalue weighted by Crippen LogP contribution is 2.41. The standard InChI is InChI=1S/C49H32N2Si/c1-3-13-32(14-4-1)47-44-29-38-19-11-12-22-41(38)48(44)51-49(50-47)33-23-25-40(26-24-33)52(39-20-5-2-6-21-39)45-30-36-17-9-7-15-34(36)27-42(45)43-28-35-16-8-10-18-37(35)31-46(43)52/h1-28,30-31H,29H2. The monoisotopic (exact) mass is 676 g/mol. The predicted molar refractivity (Wildman–Crippen MR) is 219 cm³/mol. The van der Waals surface area contributed by atoms with Crippen LogP contribution in [0, 0.1) is 0 Å². The Morgan fingerprint density at radius 1 is 0.385 bits per heavy atom. The van der Waals surface area contributed by atoms with E-state index in [1.165, 1.54) is 70.1 Å². The molecule has 242 valence electrons. The van der Waals surface area contributed by atoms with E-state index in [4.69, 9.17) is 9.97 Å². The minimum Gasteiger partial charge on any atom is -0.228 e. The highest BCUT2D eigenvalue weighted by atomic mass is 28.3. The molecule has 0 N–H and O–H groups in total. The number of benzene rings is 8. The summed E-state index contributed by atoms with van der Waals surface area (Å²) in [6.45, 7) is 0. The molecule has 0 fully saturated rings. The Hall–Kier alpha value is -6.42. The van der Waals surface area contributed by atoms with Crippen molar-refractivity contribution < 1.29 is 0 Å².